The Hall–Kier alpha value is -2.78. The van der Waals surface area contributed by atoms with E-state index < -0.39 is 17.6 Å². The van der Waals surface area contributed by atoms with Crippen LogP contribution in [0.1, 0.15) is 21.5 Å². The fourth-order valence-electron chi connectivity index (χ4n) is 3.38. The monoisotopic (exact) mass is 422 g/mol. The molecule has 1 saturated heterocycles. The van der Waals surface area contributed by atoms with Crippen molar-refractivity contribution in [1.82, 2.24) is 4.90 Å². The number of amides is 1. The van der Waals surface area contributed by atoms with Gasteiger partial charge in [0.05, 0.1) is 12.2 Å². The number of halogens is 3. The number of β-amino-alcohol motifs (C(OH)–C–C–N with tert-alkyl or cyclic N) is 1. The van der Waals surface area contributed by atoms with Crippen LogP contribution in [0.2, 0.25) is 0 Å². The number of nitrogen functional groups attached to an aromatic ring is 1. The Morgan fingerprint density at radius 1 is 1.13 bits per heavy atom. The Balaban J connectivity index is 1.85. The van der Waals surface area contributed by atoms with E-state index in [0.717, 1.165) is 17.7 Å². The SMILES string of the molecule is Cc1ccc(NC(=O)c2cc(N3CCN(CCO)CC3)cc(C(F)(F)F)c2)cc1N. The maximum Gasteiger partial charge on any atom is 0.416 e. The minimum atomic E-state index is -4.57. The summed E-state index contributed by atoms with van der Waals surface area (Å²) in [5.41, 5.74) is 6.99. The second kappa shape index (κ2) is 8.93. The molecule has 0 atom stereocenters. The molecular weight excluding hydrogens is 397 g/mol. The summed E-state index contributed by atoms with van der Waals surface area (Å²) in [4.78, 5) is 16.6. The van der Waals surface area contributed by atoms with E-state index in [9.17, 15) is 18.0 Å². The smallest absolute Gasteiger partial charge is 0.398 e. The van der Waals surface area contributed by atoms with E-state index in [1.807, 2.05) is 16.7 Å². The molecule has 0 aromatic heterocycles. The van der Waals surface area contributed by atoms with Gasteiger partial charge in [-0.3, -0.25) is 9.69 Å². The molecule has 6 nitrogen and oxygen atoms in total. The van der Waals surface area contributed by atoms with Gasteiger partial charge in [0.25, 0.3) is 5.91 Å². The van der Waals surface area contributed by atoms with E-state index in [4.69, 9.17) is 10.8 Å². The van der Waals surface area contributed by atoms with E-state index in [2.05, 4.69) is 5.32 Å². The predicted octanol–water partition coefficient (Wildman–Crippen LogP) is 2.96. The maximum atomic E-state index is 13.5. The minimum Gasteiger partial charge on any atom is -0.398 e. The third-order valence-electron chi connectivity index (χ3n) is 5.20. The molecule has 1 aliphatic rings. The van der Waals surface area contributed by atoms with Crippen LogP contribution in [0.4, 0.5) is 30.2 Å². The number of aryl methyl sites for hydroxylation is 1. The third-order valence-corrected chi connectivity index (χ3v) is 5.20. The van der Waals surface area contributed by atoms with Crippen molar-refractivity contribution in [1.29, 1.82) is 0 Å². The first kappa shape index (κ1) is 21.9. The third kappa shape index (κ3) is 5.22. The Morgan fingerprint density at radius 3 is 2.43 bits per heavy atom. The molecule has 0 saturated carbocycles. The van der Waals surface area contributed by atoms with Crippen molar-refractivity contribution < 1.29 is 23.1 Å². The van der Waals surface area contributed by atoms with Crippen LogP contribution in [0.3, 0.4) is 0 Å². The highest BCUT2D eigenvalue weighted by Gasteiger charge is 2.32. The van der Waals surface area contributed by atoms with Crippen molar-refractivity contribution in [2.24, 2.45) is 0 Å². The van der Waals surface area contributed by atoms with E-state index in [-0.39, 0.29) is 12.2 Å². The Morgan fingerprint density at radius 2 is 1.83 bits per heavy atom. The number of nitrogens with zero attached hydrogens (tertiary/aromatic N) is 2. The highest BCUT2D eigenvalue weighted by molar-refractivity contribution is 6.05. The summed E-state index contributed by atoms with van der Waals surface area (Å²) in [5, 5.41) is 11.7. The fraction of sp³-hybridized carbons (Fsp3) is 0.381. The molecule has 9 heteroatoms. The molecule has 2 aromatic carbocycles. The molecule has 0 aliphatic carbocycles. The summed E-state index contributed by atoms with van der Waals surface area (Å²) in [6.45, 7) is 4.66. The van der Waals surface area contributed by atoms with E-state index in [0.29, 0.717) is 49.8 Å². The van der Waals surface area contributed by atoms with Gasteiger partial charge in [0.1, 0.15) is 0 Å². The highest BCUT2D eigenvalue weighted by Crippen LogP contribution is 2.33. The molecule has 0 unspecified atom stereocenters. The second-order valence-electron chi connectivity index (χ2n) is 7.34. The van der Waals surface area contributed by atoms with Crippen molar-refractivity contribution >= 4 is 23.0 Å². The average Bonchev–Trinajstić information content (AvgIpc) is 2.70. The van der Waals surface area contributed by atoms with Crippen molar-refractivity contribution in [3.63, 3.8) is 0 Å². The molecule has 1 fully saturated rings. The number of nitrogens with one attached hydrogen (secondary N) is 1. The number of hydrogen-bond donors (Lipinski definition) is 3. The van der Waals surface area contributed by atoms with Gasteiger partial charge in [0, 0.05) is 55.3 Å². The van der Waals surface area contributed by atoms with E-state index in [1.165, 1.54) is 6.07 Å². The van der Waals surface area contributed by atoms with Gasteiger partial charge in [-0.1, -0.05) is 6.07 Å². The van der Waals surface area contributed by atoms with Crippen molar-refractivity contribution in [2.45, 2.75) is 13.1 Å². The van der Waals surface area contributed by atoms with Gasteiger partial charge >= 0.3 is 6.18 Å². The maximum absolute atomic E-state index is 13.5. The van der Waals surface area contributed by atoms with Gasteiger partial charge in [-0.15, -0.1) is 0 Å². The Bertz CT molecular complexity index is 910. The molecule has 2 aromatic rings. The van der Waals surface area contributed by atoms with Crippen LogP contribution >= 0.6 is 0 Å². The van der Waals surface area contributed by atoms with Crippen LogP contribution < -0.4 is 16.0 Å². The van der Waals surface area contributed by atoms with Crippen LogP contribution in [-0.4, -0.2) is 55.2 Å². The number of rotatable bonds is 5. The summed E-state index contributed by atoms with van der Waals surface area (Å²) in [7, 11) is 0. The second-order valence-corrected chi connectivity index (χ2v) is 7.34. The number of alkyl halides is 3. The molecule has 1 amide bonds. The van der Waals surface area contributed by atoms with Crippen LogP contribution in [-0.2, 0) is 6.18 Å². The van der Waals surface area contributed by atoms with Crippen LogP contribution in [0.5, 0.6) is 0 Å². The Labute approximate surface area is 173 Å². The Kier molecular flexibility index (Phi) is 6.52. The molecule has 30 heavy (non-hydrogen) atoms. The number of aliphatic hydroxyl groups is 1. The lowest BCUT2D eigenvalue weighted by Crippen LogP contribution is -2.47. The molecular formula is C21H25F3N4O2. The summed E-state index contributed by atoms with van der Waals surface area (Å²) >= 11 is 0. The molecule has 0 spiro atoms. The van der Waals surface area contributed by atoms with E-state index in [1.54, 1.807) is 18.2 Å². The molecule has 0 bridgehead atoms. The number of hydrogen-bond acceptors (Lipinski definition) is 5. The zero-order valence-electron chi connectivity index (χ0n) is 16.7. The van der Waals surface area contributed by atoms with Gasteiger partial charge in [-0.25, -0.2) is 0 Å². The van der Waals surface area contributed by atoms with Crippen LogP contribution in [0, 0.1) is 6.92 Å². The van der Waals surface area contributed by atoms with Crippen molar-refractivity contribution in [3.05, 3.63) is 53.1 Å². The van der Waals surface area contributed by atoms with Crippen LogP contribution in [0.15, 0.2) is 36.4 Å². The van der Waals surface area contributed by atoms with Gasteiger partial charge in [-0.2, -0.15) is 13.2 Å². The lowest BCUT2D eigenvalue weighted by Gasteiger charge is -2.36. The van der Waals surface area contributed by atoms with Crippen LogP contribution in [0.25, 0.3) is 0 Å². The largest absolute Gasteiger partial charge is 0.416 e. The lowest BCUT2D eigenvalue weighted by atomic mass is 10.1. The first-order chi connectivity index (χ1) is 14.2. The van der Waals surface area contributed by atoms with Gasteiger partial charge < -0.3 is 21.1 Å². The number of benzene rings is 2. The van der Waals surface area contributed by atoms with Crippen molar-refractivity contribution in [3.8, 4) is 0 Å². The zero-order valence-corrected chi connectivity index (χ0v) is 16.7. The first-order valence-corrected chi connectivity index (χ1v) is 9.65. The number of aliphatic hydroxyl groups excluding tert-OH is 1. The highest BCUT2D eigenvalue weighted by atomic mass is 19.4. The molecule has 1 aliphatic heterocycles. The number of piperazine rings is 1. The van der Waals surface area contributed by atoms with E-state index >= 15 is 0 Å². The predicted molar refractivity (Wildman–Crippen MR) is 111 cm³/mol. The normalized spacial score (nSPS) is 15.3. The number of anilines is 3. The van der Waals surface area contributed by atoms with Gasteiger partial charge in [0.2, 0.25) is 0 Å². The minimum absolute atomic E-state index is 0.0391. The lowest BCUT2D eigenvalue weighted by molar-refractivity contribution is -0.137. The summed E-state index contributed by atoms with van der Waals surface area (Å²) in [5.74, 6) is -0.635. The summed E-state index contributed by atoms with van der Waals surface area (Å²) < 4.78 is 40.4. The molecule has 4 N–H and O–H groups in total. The molecule has 162 valence electrons. The quantitative estimate of drug-likeness (QED) is 0.646. The number of nitrogens with two attached hydrogens (primary N) is 1. The first-order valence-electron chi connectivity index (χ1n) is 9.65. The number of carbonyl (C=O) groups is 1. The molecule has 1 heterocycles. The topological polar surface area (TPSA) is 81.8 Å². The summed E-state index contributed by atoms with van der Waals surface area (Å²) in [6, 6.07) is 8.36. The summed E-state index contributed by atoms with van der Waals surface area (Å²) in [6.07, 6.45) is -4.57. The molecule has 3 rings (SSSR count). The number of carbonyl (C=O) groups excluding carboxylic acids is 1. The molecule has 0 radical (unpaired) electrons. The standard InChI is InChI=1S/C21H25F3N4O2/c1-14-2-3-17(13-19(14)25)26-20(30)15-10-16(21(22,23)24)12-18(11-15)28-6-4-27(5-7-28)8-9-29/h2-3,10-13,29H,4-9,25H2,1H3,(H,26,30). The van der Waals surface area contributed by atoms with Gasteiger partial charge in [-0.05, 0) is 42.8 Å². The van der Waals surface area contributed by atoms with Gasteiger partial charge in [0.15, 0.2) is 0 Å². The average molecular weight is 422 g/mol. The fourth-order valence-corrected chi connectivity index (χ4v) is 3.38. The van der Waals surface area contributed by atoms with Crippen molar-refractivity contribution in [2.75, 3.05) is 55.3 Å². The zero-order chi connectivity index (χ0) is 21.9.